The molecule has 1 atom stereocenters. The van der Waals surface area contributed by atoms with Crippen LogP contribution in [0.2, 0.25) is 0 Å². The summed E-state index contributed by atoms with van der Waals surface area (Å²) in [6, 6.07) is 4.44. The van der Waals surface area contributed by atoms with E-state index in [-0.39, 0.29) is 0 Å². The summed E-state index contributed by atoms with van der Waals surface area (Å²) in [6.07, 6.45) is 0. The molecule has 0 amide bonds. The van der Waals surface area contributed by atoms with Crippen LogP contribution < -0.4 is 5.32 Å². The Morgan fingerprint density at radius 2 is 1.94 bits per heavy atom. The van der Waals surface area contributed by atoms with E-state index in [0.717, 1.165) is 13.1 Å². The molecule has 0 spiro atoms. The highest BCUT2D eigenvalue weighted by atomic mass is 14.9. The van der Waals surface area contributed by atoms with Gasteiger partial charge in [-0.1, -0.05) is 19.1 Å². The second-order valence-electron chi connectivity index (χ2n) is 5.00. The van der Waals surface area contributed by atoms with E-state index in [4.69, 9.17) is 0 Å². The van der Waals surface area contributed by atoms with Gasteiger partial charge < -0.3 is 10.3 Å². The zero-order valence-electron chi connectivity index (χ0n) is 10.1. The van der Waals surface area contributed by atoms with Crippen molar-refractivity contribution in [1.29, 1.82) is 0 Å². The SMILES string of the molecule is Cc1ccc(C)c2c3c([nH]c12)CNCC3C. The molecule has 0 radical (unpaired) electrons. The number of benzene rings is 1. The molecule has 1 aromatic carbocycles. The number of fused-ring (bicyclic) bond motifs is 3. The van der Waals surface area contributed by atoms with Gasteiger partial charge in [0.1, 0.15) is 0 Å². The lowest BCUT2D eigenvalue weighted by molar-refractivity contribution is 0.568. The third-order valence-electron chi connectivity index (χ3n) is 3.74. The van der Waals surface area contributed by atoms with Gasteiger partial charge in [-0.25, -0.2) is 0 Å². The Morgan fingerprint density at radius 3 is 2.75 bits per heavy atom. The van der Waals surface area contributed by atoms with Crippen LogP contribution in [0.25, 0.3) is 10.9 Å². The lowest BCUT2D eigenvalue weighted by Gasteiger charge is -2.20. The lowest BCUT2D eigenvalue weighted by Crippen LogP contribution is -2.26. The average molecular weight is 214 g/mol. The molecule has 1 aromatic heterocycles. The van der Waals surface area contributed by atoms with Crippen LogP contribution in [0.3, 0.4) is 0 Å². The van der Waals surface area contributed by atoms with Gasteiger partial charge in [0.25, 0.3) is 0 Å². The quantitative estimate of drug-likeness (QED) is 0.693. The van der Waals surface area contributed by atoms with Gasteiger partial charge in [-0.05, 0) is 36.5 Å². The molecule has 0 saturated heterocycles. The summed E-state index contributed by atoms with van der Waals surface area (Å²) < 4.78 is 0. The Hall–Kier alpha value is -1.28. The van der Waals surface area contributed by atoms with Gasteiger partial charge >= 0.3 is 0 Å². The zero-order chi connectivity index (χ0) is 11.3. The molecular weight excluding hydrogens is 196 g/mol. The Bertz CT molecular complexity index is 551. The van der Waals surface area contributed by atoms with E-state index in [1.807, 2.05) is 0 Å². The highest BCUT2D eigenvalue weighted by molar-refractivity contribution is 5.90. The van der Waals surface area contributed by atoms with Crippen molar-refractivity contribution in [2.75, 3.05) is 6.54 Å². The maximum Gasteiger partial charge on any atom is 0.0491 e. The average Bonchev–Trinajstić information content (AvgIpc) is 2.65. The van der Waals surface area contributed by atoms with Crippen molar-refractivity contribution in [1.82, 2.24) is 10.3 Å². The van der Waals surface area contributed by atoms with Crippen molar-refractivity contribution in [3.05, 3.63) is 34.5 Å². The van der Waals surface area contributed by atoms with E-state index in [9.17, 15) is 0 Å². The van der Waals surface area contributed by atoms with Crippen LogP contribution in [0.5, 0.6) is 0 Å². The van der Waals surface area contributed by atoms with Crippen molar-refractivity contribution < 1.29 is 0 Å². The van der Waals surface area contributed by atoms with Gasteiger partial charge in [0.2, 0.25) is 0 Å². The fraction of sp³-hybridized carbons (Fsp3) is 0.429. The zero-order valence-corrected chi connectivity index (χ0v) is 10.1. The molecule has 84 valence electrons. The van der Waals surface area contributed by atoms with E-state index in [0.29, 0.717) is 5.92 Å². The first-order valence-electron chi connectivity index (χ1n) is 6.00. The summed E-state index contributed by atoms with van der Waals surface area (Å²) in [5.74, 6) is 0.609. The van der Waals surface area contributed by atoms with Gasteiger partial charge in [0, 0.05) is 29.7 Å². The Morgan fingerprint density at radius 1 is 1.19 bits per heavy atom. The summed E-state index contributed by atoms with van der Waals surface area (Å²) in [7, 11) is 0. The number of aromatic amines is 1. The molecule has 2 nitrogen and oxygen atoms in total. The molecule has 2 heterocycles. The van der Waals surface area contributed by atoms with Gasteiger partial charge in [0.15, 0.2) is 0 Å². The first-order chi connectivity index (χ1) is 7.68. The minimum atomic E-state index is 0.609. The third kappa shape index (κ3) is 1.23. The van der Waals surface area contributed by atoms with Gasteiger partial charge in [-0.2, -0.15) is 0 Å². The van der Waals surface area contributed by atoms with Crippen LogP contribution in [0, 0.1) is 13.8 Å². The fourth-order valence-electron chi connectivity index (χ4n) is 2.89. The standard InChI is InChI=1S/C14H18N2/c1-8-4-5-9(2)14-13(8)12-10(3)6-15-7-11(12)16-14/h4-5,10,15-16H,6-7H2,1-3H3. The highest BCUT2D eigenvalue weighted by Gasteiger charge is 2.22. The lowest BCUT2D eigenvalue weighted by atomic mass is 9.92. The second kappa shape index (κ2) is 3.36. The van der Waals surface area contributed by atoms with Crippen LogP contribution in [0.4, 0.5) is 0 Å². The molecule has 3 rings (SSSR count). The highest BCUT2D eigenvalue weighted by Crippen LogP contribution is 2.34. The molecule has 0 fully saturated rings. The van der Waals surface area contributed by atoms with E-state index in [1.54, 1.807) is 0 Å². The van der Waals surface area contributed by atoms with Crippen molar-refractivity contribution >= 4 is 10.9 Å². The smallest absolute Gasteiger partial charge is 0.0491 e. The topological polar surface area (TPSA) is 27.8 Å². The van der Waals surface area contributed by atoms with Crippen molar-refractivity contribution in [2.24, 2.45) is 0 Å². The Kier molecular flexibility index (Phi) is 2.08. The van der Waals surface area contributed by atoms with Crippen LogP contribution in [0.1, 0.15) is 35.2 Å². The molecule has 16 heavy (non-hydrogen) atoms. The molecule has 0 bridgehead atoms. The van der Waals surface area contributed by atoms with E-state index >= 15 is 0 Å². The second-order valence-corrected chi connectivity index (χ2v) is 5.00. The molecule has 1 aliphatic heterocycles. The first-order valence-corrected chi connectivity index (χ1v) is 6.00. The number of aromatic nitrogens is 1. The largest absolute Gasteiger partial charge is 0.357 e. The number of H-pyrrole nitrogens is 1. The minimum absolute atomic E-state index is 0.609. The van der Waals surface area contributed by atoms with Crippen molar-refractivity contribution in [3.8, 4) is 0 Å². The summed E-state index contributed by atoms with van der Waals surface area (Å²) in [6.45, 7) is 8.77. The van der Waals surface area contributed by atoms with E-state index in [1.165, 1.54) is 33.3 Å². The normalized spacial score (nSPS) is 20.1. The van der Waals surface area contributed by atoms with Gasteiger partial charge in [-0.3, -0.25) is 0 Å². The molecule has 1 unspecified atom stereocenters. The molecule has 0 saturated carbocycles. The molecule has 0 aliphatic carbocycles. The predicted molar refractivity (Wildman–Crippen MR) is 67.9 cm³/mol. The number of nitrogens with one attached hydrogen (secondary N) is 2. The maximum atomic E-state index is 3.59. The Labute approximate surface area is 96.1 Å². The number of rotatable bonds is 0. The molecule has 2 heteroatoms. The molecule has 2 aromatic rings. The third-order valence-corrected chi connectivity index (χ3v) is 3.74. The van der Waals surface area contributed by atoms with Crippen LogP contribution in [-0.4, -0.2) is 11.5 Å². The molecular formula is C14H18N2. The first kappa shape index (κ1) is 9.91. The summed E-state index contributed by atoms with van der Waals surface area (Å²) in [4.78, 5) is 3.59. The van der Waals surface area contributed by atoms with Crippen molar-refractivity contribution in [2.45, 2.75) is 33.2 Å². The monoisotopic (exact) mass is 214 g/mol. The molecule has 1 aliphatic rings. The number of hydrogen-bond donors (Lipinski definition) is 2. The van der Waals surface area contributed by atoms with Crippen LogP contribution in [-0.2, 0) is 6.54 Å². The fourth-order valence-corrected chi connectivity index (χ4v) is 2.89. The predicted octanol–water partition coefficient (Wildman–Crippen LogP) is 2.99. The maximum absolute atomic E-state index is 3.59. The van der Waals surface area contributed by atoms with Gasteiger partial charge in [0.05, 0.1) is 0 Å². The number of hydrogen-bond acceptors (Lipinski definition) is 1. The van der Waals surface area contributed by atoms with E-state index in [2.05, 4.69) is 43.2 Å². The van der Waals surface area contributed by atoms with Gasteiger partial charge in [-0.15, -0.1) is 0 Å². The van der Waals surface area contributed by atoms with Crippen molar-refractivity contribution in [3.63, 3.8) is 0 Å². The minimum Gasteiger partial charge on any atom is -0.357 e. The van der Waals surface area contributed by atoms with Crippen LogP contribution >= 0.6 is 0 Å². The van der Waals surface area contributed by atoms with Crippen LogP contribution in [0.15, 0.2) is 12.1 Å². The summed E-state index contributed by atoms with van der Waals surface area (Å²) >= 11 is 0. The summed E-state index contributed by atoms with van der Waals surface area (Å²) in [5, 5.41) is 4.92. The molecule has 2 N–H and O–H groups in total. The summed E-state index contributed by atoms with van der Waals surface area (Å²) in [5.41, 5.74) is 7.00. The number of aryl methyl sites for hydroxylation is 2. The van der Waals surface area contributed by atoms with E-state index < -0.39 is 0 Å². The Balaban J connectivity index is 2.42.